The van der Waals surface area contributed by atoms with Gasteiger partial charge in [-0.25, -0.2) is 0 Å². The molecule has 194 valence electrons. The predicted molar refractivity (Wildman–Crippen MR) is 163 cm³/mol. The second-order valence-corrected chi connectivity index (χ2v) is 16.6. The van der Waals surface area contributed by atoms with Gasteiger partial charge in [0.05, 0.1) is 0 Å². The first-order valence-electron chi connectivity index (χ1n) is 13.0. The van der Waals surface area contributed by atoms with Crippen molar-refractivity contribution in [2.45, 2.75) is 51.1 Å². The maximum absolute atomic E-state index is 14.2. The van der Waals surface area contributed by atoms with Crippen LogP contribution in [0, 0.1) is 17.2 Å². The van der Waals surface area contributed by atoms with Crippen LogP contribution in [0.1, 0.15) is 55.0 Å². The van der Waals surface area contributed by atoms with Crippen molar-refractivity contribution in [1.82, 2.24) is 9.78 Å². The molecule has 2 aromatic heterocycles. The van der Waals surface area contributed by atoms with Gasteiger partial charge in [-0.1, -0.05) is 0 Å². The monoisotopic (exact) mass is 635 g/mol. The number of nitrogens with zero attached hydrogens (tertiary/aromatic N) is 4. The molecule has 2 aliphatic rings. The molecular formula is C30H30IN5OS. The summed E-state index contributed by atoms with van der Waals surface area (Å²) in [5, 5.41) is 17.2. The summed E-state index contributed by atoms with van der Waals surface area (Å²) in [4.78, 5) is 20.4. The molecule has 0 bridgehead atoms. The zero-order chi connectivity index (χ0) is 26.4. The zero-order valence-corrected chi connectivity index (χ0v) is 24.5. The van der Waals surface area contributed by atoms with Gasteiger partial charge in [0, 0.05) is 0 Å². The van der Waals surface area contributed by atoms with Crippen LogP contribution in [0.25, 0.3) is 22.0 Å². The van der Waals surface area contributed by atoms with Crippen molar-refractivity contribution in [3.8, 4) is 17.2 Å². The maximum atomic E-state index is 14.2. The number of alkyl halides is 1. The molecule has 6 nitrogen and oxygen atoms in total. The van der Waals surface area contributed by atoms with E-state index in [0.29, 0.717) is 9.41 Å². The van der Waals surface area contributed by atoms with Crippen LogP contribution in [-0.2, 0) is 16.9 Å². The van der Waals surface area contributed by atoms with Crippen LogP contribution in [0.4, 0.5) is 0 Å². The van der Waals surface area contributed by atoms with Gasteiger partial charge in [0.2, 0.25) is 0 Å². The van der Waals surface area contributed by atoms with Gasteiger partial charge < -0.3 is 0 Å². The molecule has 4 aromatic rings. The minimum absolute atomic E-state index is 0.289. The van der Waals surface area contributed by atoms with Gasteiger partial charge in [-0.05, 0) is 0 Å². The molecule has 0 saturated heterocycles. The van der Waals surface area contributed by atoms with Gasteiger partial charge in [-0.3, -0.25) is 0 Å². The Hall–Kier alpha value is -3.03. The number of benzene rings is 2. The van der Waals surface area contributed by atoms with E-state index in [1.54, 1.807) is 17.4 Å². The van der Waals surface area contributed by atoms with E-state index in [-0.39, 0.29) is 9.71 Å². The number of nitrogens with two attached hydrogens (primary N) is 1. The number of rotatable bonds is 7. The number of amidine groups is 1. The number of nitriles is 1. The first-order valence-corrected chi connectivity index (χ1v) is 17.6. The summed E-state index contributed by atoms with van der Waals surface area (Å²) < 4.78 is 3.82. The Balaban J connectivity index is 1.44. The van der Waals surface area contributed by atoms with Crippen molar-refractivity contribution < 1.29 is 4.79 Å². The number of halogens is 1. The second kappa shape index (κ2) is 9.93. The molecule has 1 fully saturated rings. The van der Waals surface area contributed by atoms with Crippen molar-refractivity contribution in [1.29, 1.82) is 5.26 Å². The second-order valence-electron chi connectivity index (χ2n) is 10.4. The van der Waals surface area contributed by atoms with Gasteiger partial charge in [-0.15, -0.1) is 0 Å². The summed E-state index contributed by atoms with van der Waals surface area (Å²) in [7, 11) is 0. The van der Waals surface area contributed by atoms with Crippen LogP contribution < -0.4 is 5.73 Å². The van der Waals surface area contributed by atoms with Crippen LogP contribution in [0.15, 0.2) is 65.1 Å². The van der Waals surface area contributed by atoms with Crippen LogP contribution in [-0.4, -0.2) is 21.8 Å². The standard InChI is InChI=1S/C30H30IN5OS/c1-3-11-31-28(37)27(22-9-10-25-23(13-22)16-34-36(25)17-19-7-8-19)30(2,35-29(31)33)26-14-24(18-38-26)21-6-4-5-20(12-21)15-32/h4-6,9-10,12-14,16,18-19,27H,3,7-8,11,17H2,1-2H3,(H2,33,35)/t27-,30-/m1/s1. The number of carbonyl (C=O) groups is 1. The molecule has 8 heteroatoms. The fourth-order valence-electron chi connectivity index (χ4n) is 5.31. The van der Waals surface area contributed by atoms with Crippen molar-refractivity contribution in [3.63, 3.8) is 0 Å². The average Bonchev–Trinajstić information content (AvgIpc) is 3.42. The third-order valence-electron chi connectivity index (χ3n) is 7.52. The molecule has 1 aliphatic carbocycles. The molecule has 1 aliphatic heterocycles. The summed E-state index contributed by atoms with van der Waals surface area (Å²) in [5.74, 6) is 0.349. The van der Waals surface area contributed by atoms with Gasteiger partial charge in [0.15, 0.2) is 0 Å². The van der Waals surface area contributed by atoms with E-state index in [1.807, 2.05) is 24.4 Å². The van der Waals surface area contributed by atoms with Crippen molar-refractivity contribution in [2.75, 3.05) is 4.43 Å². The molecule has 2 aromatic carbocycles. The van der Waals surface area contributed by atoms with Crippen LogP contribution in [0.3, 0.4) is 0 Å². The Labute approximate surface area is 234 Å². The molecule has 6 rings (SSSR count). The first-order chi connectivity index (χ1) is 18.4. The molecule has 0 spiro atoms. The van der Waals surface area contributed by atoms with E-state index in [1.165, 1.54) is 12.8 Å². The van der Waals surface area contributed by atoms with Crippen molar-refractivity contribution in [2.24, 2.45) is 16.6 Å². The molecule has 3 heterocycles. The number of fused-ring (bicyclic) bond motifs is 1. The van der Waals surface area contributed by atoms with E-state index in [9.17, 15) is 10.1 Å². The zero-order valence-electron chi connectivity index (χ0n) is 21.5. The third-order valence-corrected chi connectivity index (χ3v) is 14.3. The number of aliphatic imine (C=N–C) groups is 1. The summed E-state index contributed by atoms with van der Waals surface area (Å²) >= 11 is -0.652. The quantitative estimate of drug-likeness (QED) is 0.104. The molecule has 1 saturated carbocycles. The molecule has 2 N–H and O–H groups in total. The number of hydrogen-bond acceptors (Lipinski definition) is 6. The molecule has 0 radical (unpaired) electrons. The van der Waals surface area contributed by atoms with E-state index in [4.69, 9.17) is 10.7 Å². The first kappa shape index (κ1) is 25.3. The van der Waals surface area contributed by atoms with E-state index in [0.717, 1.165) is 55.8 Å². The number of carbonyl (C=O) groups excluding carboxylic acids is 1. The van der Waals surface area contributed by atoms with E-state index in [2.05, 4.69) is 59.3 Å². The fraction of sp³-hybridized carbons (Fsp3) is 0.333. The predicted octanol–water partition coefficient (Wildman–Crippen LogP) is 6.82. The van der Waals surface area contributed by atoms with Crippen LogP contribution in [0.5, 0.6) is 0 Å². The van der Waals surface area contributed by atoms with E-state index < -0.39 is 25.4 Å². The fourth-order valence-corrected chi connectivity index (χ4v) is 11.6. The number of thiophene rings is 1. The van der Waals surface area contributed by atoms with Gasteiger partial charge in [0.1, 0.15) is 0 Å². The molecular weight excluding hydrogens is 605 g/mol. The molecule has 0 unspecified atom stereocenters. The molecule has 38 heavy (non-hydrogen) atoms. The van der Waals surface area contributed by atoms with Gasteiger partial charge >= 0.3 is 235 Å². The van der Waals surface area contributed by atoms with Crippen molar-refractivity contribution >= 4 is 49.7 Å². The minimum atomic E-state index is -2.26. The Bertz CT molecular complexity index is 1610. The third kappa shape index (κ3) is 4.46. The summed E-state index contributed by atoms with van der Waals surface area (Å²) in [5.41, 5.74) is 10.5. The van der Waals surface area contributed by atoms with Crippen LogP contribution in [0.2, 0.25) is 0 Å². The Morgan fingerprint density at radius 3 is 2.82 bits per heavy atom. The summed E-state index contributed by atoms with van der Waals surface area (Å²) in [6, 6.07) is 18.3. The Morgan fingerprint density at radius 2 is 2.05 bits per heavy atom. The van der Waals surface area contributed by atoms with Crippen LogP contribution >= 0.6 is 31.2 Å². The van der Waals surface area contributed by atoms with Gasteiger partial charge in [0.25, 0.3) is 0 Å². The van der Waals surface area contributed by atoms with Gasteiger partial charge in [-0.2, -0.15) is 0 Å². The SMILES string of the molecule is CCCI1C(=O)[C@@H](c2ccc3c(cnn3CC3CC3)c2)[C@@](C)(c2cc(-c3cccc(C#N)c3)cs2)N=C1N. The number of hydrogen-bond donors (Lipinski definition) is 1. The molecule has 2 atom stereocenters. The Morgan fingerprint density at radius 1 is 1.21 bits per heavy atom. The summed E-state index contributed by atoms with van der Waals surface area (Å²) in [6.45, 7) is 5.13. The van der Waals surface area contributed by atoms with E-state index >= 15 is 0 Å². The normalized spacial score (nSPS) is 22.4. The topological polar surface area (TPSA) is 97.1 Å². The van der Waals surface area contributed by atoms with Crippen molar-refractivity contribution in [3.05, 3.63) is 76.1 Å². The Kier molecular flexibility index (Phi) is 6.60. The molecule has 0 amide bonds. The summed E-state index contributed by atoms with van der Waals surface area (Å²) in [6.07, 6.45) is 5.42. The average molecular weight is 636 g/mol. The number of aromatic nitrogens is 2.